The fourth-order valence-corrected chi connectivity index (χ4v) is 2.52. The molecule has 1 aliphatic rings. The lowest BCUT2D eigenvalue weighted by atomic mass is 9.95. The van der Waals surface area contributed by atoms with Crippen molar-refractivity contribution in [2.75, 3.05) is 11.4 Å². The molecule has 0 aliphatic carbocycles. The third-order valence-electron chi connectivity index (χ3n) is 3.49. The Morgan fingerprint density at radius 2 is 2.12 bits per heavy atom. The lowest BCUT2D eigenvalue weighted by molar-refractivity contribution is -0.119. The third-order valence-corrected chi connectivity index (χ3v) is 3.49. The number of amides is 1. The number of carbonyl (C=O) groups is 1. The molecule has 2 atom stereocenters. The molecule has 1 aliphatic heterocycles. The fourth-order valence-electron chi connectivity index (χ4n) is 2.52. The topological polar surface area (TPSA) is 40.5 Å². The van der Waals surface area contributed by atoms with Crippen LogP contribution >= 0.6 is 0 Å². The standard InChI is InChI=1S/C14H19NO2/c1-4-11-12-8-10(9(3)16)6-7-13(12)15(5-2)14(11)17/h6-9,11,16H,4-5H2,1-3H3. The highest BCUT2D eigenvalue weighted by Crippen LogP contribution is 2.40. The van der Waals surface area contributed by atoms with E-state index in [0.717, 1.165) is 23.2 Å². The molecule has 0 fully saturated rings. The zero-order valence-corrected chi connectivity index (χ0v) is 10.6. The number of hydrogen-bond acceptors (Lipinski definition) is 2. The summed E-state index contributed by atoms with van der Waals surface area (Å²) in [5, 5.41) is 9.60. The third kappa shape index (κ3) is 1.84. The summed E-state index contributed by atoms with van der Waals surface area (Å²) in [6, 6.07) is 5.83. The van der Waals surface area contributed by atoms with Gasteiger partial charge in [0.2, 0.25) is 5.91 Å². The average molecular weight is 233 g/mol. The van der Waals surface area contributed by atoms with Crippen LogP contribution in [0.15, 0.2) is 18.2 Å². The largest absolute Gasteiger partial charge is 0.389 e. The van der Waals surface area contributed by atoms with Crippen molar-refractivity contribution >= 4 is 11.6 Å². The van der Waals surface area contributed by atoms with Gasteiger partial charge in [-0.25, -0.2) is 0 Å². The smallest absolute Gasteiger partial charge is 0.234 e. The first-order chi connectivity index (χ1) is 8.10. The minimum Gasteiger partial charge on any atom is -0.389 e. The van der Waals surface area contributed by atoms with Crippen LogP contribution in [0.5, 0.6) is 0 Å². The first kappa shape index (κ1) is 12.1. The van der Waals surface area contributed by atoms with Crippen LogP contribution in [-0.2, 0) is 4.79 Å². The van der Waals surface area contributed by atoms with Gasteiger partial charge >= 0.3 is 0 Å². The van der Waals surface area contributed by atoms with Crippen LogP contribution < -0.4 is 4.90 Å². The van der Waals surface area contributed by atoms with Crippen molar-refractivity contribution in [2.24, 2.45) is 0 Å². The van der Waals surface area contributed by atoms with Gasteiger partial charge in [-0.05, 0) is 37.5 Å². The number of benzene rings is 1. The normalized spacial score (nSPS) is 20.6. The summed E-state index contributed by atoms with van der Waals surface area (Å²) in [6.07, 6.45) is 0.328. The van der Waals surface area contributed by atoms with Crippen molar-refractivity contribution in [3.05, 3.63) is 29.3 Å². The number of fused-ring (bicyclic) bond motifs is 1. The van der Waals surface area contributed by atoms with Crippen LogP contribution in [-0.4, -0.2) is 17.6 Å². The first-order valence-corrected chi connectivity index (χ1v) is 6.23. The fraction of sp³-hybridized carbons (Fsp3) is 0.500. The molecule has 0 saturated carbocycles. The molecule has 0 saturated heterocycles. The summed E-state index contributed by atoms with van der Waals surface area (Å²) < 4.78 is 0. The van der Waals surface area contributed by atoms with Crippen molar-refractivity contribution in [3.63, 3.8) is 0 Å². The number of likely N-dealkylation sites (N-methyl/N-ethyl adjacent to an activating group) is 1. The van der Waals surface area contributed by atoms with Crippen molar-refractivity contribution in [1.29, 1.82) is 0 Å². The minimum atomic E-state index is -0.483. The molecule has 0 aromatic heterocycles. The first-order valence-electron chi connectivity index (χ1n) is 6.23. The molecular formula is C14H19NO2. The summed E-state index contributed by atoms with van der Waals surface area (Å²) in [4.78, 5) is 14.0. The maximum absolute atomic E-state index is 12.2. The molecule has 1 aromatic rings. The Morgan fingerprint density at radius 3 is 2.65 bits per heavy atom. The highest BCUT2D eigenvalue weighted by molar-refractivity contribution is 6.04. The second-order valence-corrected chi connectivity index (χ2v) is 4.54. The Morgan fingerprint density at radius 1 is 1.41 bits per heavy atom. The molecule has 1 amide bonds. The van der Waals surface area contributed by atoms with Crippen molar-refractivity contribution in [1.82, 2.24) is 0 Å². The zero-order valence-electron chi connectivity index (χ0n) is 10.6. The Balaban J connectivity index is 2.50. The number of anilines is 1. The van der Waals surface area contributed by atoms with Crippen LogP contribution in [0.25, 0.3) is 0 Å². The van der Waals surface area contributed by atoms with E-state index >= 15 is 0 Å². The van der Waals surface area contributed by atoms with E-state index in [1.807, 2.05) is 36.9 Å². The monoisotopic (exact) mass is 233 g/mol. The van der Waals surface area contributed by atoms with E-state index in [4.69, 9.17) is 0 Å². The molecule has 0 bridgehead atoms. The van der Waals surface area contributed by atoms with Gasteiger partial charge < -0.3 is 10.0 Å². The van der Waals surface area contributed by atoms with Gasteiger partial charge in [0.05, 0.1) is 12.0 Å². The zero-order chi connectivity index (χ0) is 12.6. The highest BCUT2D eigenvalue weighted by Gasteiger charge is 2.35. The maximum Gasteiger partial charge on any atom is 0.234 e. The van der Waals surface area contributed by atoms with E-state index < -0.39 is 6.10 Å². The number of nitrogens with zero attached hydrogens (tertiary/aromatic N) is 1. The van der Waals surface area contributed by atoms with E-state index in [-0.39, 0.29) is 11.8 Å². The van der Waals surface area contributed by atoms with Gasteiger partial charge in [0.15, 0.2) is 0 Å². The molecule has 92 valence electrons. The van der Waals surface area contributed by atoms with Crippen LogP contribution in [0, 0.1) is 0 Å². The molecule has 1 aromatic carbocycles. The molecule has 0 radical (unpaired) electrons. The van der Waals surface area contributed by atoms with Gasteiger partial charge in [-0.2, -0.15) is 0 Å². The Bertz CT molecular complexity index is 440. The number of hydrogen-bond donors (Lipinski definition) is 1. The summed E-state index contributed by atoms with van der Waals surface area (Å²) >= 11 is 0. The lowest BCUT2D eigenvalue weighted by Crippen LogP contribution is -2.28. The Labute approximate surface area is 102 Å². The maximum atomic E-state index is 12.2. The van der Waals surface area contributed by atoms with Gasteiger partial charge in [-0.3, -0.25) is 4.79 Å². The minimum absolute atomic E-state index is 0.0383. The summed E-state index contributed by atoms with van der Waals surface area (Å²) in [6.45, 7) is 6.47. The van der Waals surface area contributed by atoms with E-state index in [2.05, 4.69) is 0 Å². The predicted octanol–water partition coefficient (Wildman–Crippen LogP) is 2.60. The number of rotatable bonds is 3. The Kier molecular flexibility index (Phi) is 3.20. The van der Waals surface area contributed by atoms with Crippen LogP contribution in [0.1, 0.15) is 50.3 Å². The van der Waals surface area contributed by atoms with Crippen LogP contribution in [0.4, 0.5) is 5.69 Å². The number of aliphatic hydroxyl groups excluding tert-OH is 1. The molecule has 1 N–H and O–H groups in total. The van der Waals surface area contributed by atoms with Crippen molar-refractivity contribution in [3.8, 4) is 0 Å². The average Bonchev–Trinajstić information content (AvgIpc) is 2.58. The van der Waals surface area contributed by atoms with Crippen LogP contribution in [0.2, 0.25) is 0 Å². The molecule has 2 unspecified atom stereocenters. The van der Waals surface area contributed by atoms with E-state index in [1.54, 1.807) is 6.92 Å². The lowest BCUT2D eigenvalue weighted by Gasteiger charge is -2.15. The van der Waals surface area contributed by atoms with E-state index in [0.29, 0.717) is 6.54 Å². The van der Waals surface area contributed by atoms with E-state index in [1.165, 1.54) is 0 Å². The van der Waals surface area contributed by atoms with E-state index in [9.17, 15) is 9.90 Å². The number of carbonyl (C=O) groups excluding carboxylic acids is 1. The van der Waals surface area contributed by atoms with Gasteiger partial charge in [-0.1, -0.05) is 19.1 Å². The molecule has 17 heavy (non-hydrogen) atoms. The van der Waals surface area contributed by atoms with Gasteiger partial charge in [-0.15, -0.1) is 0 Å². The quantitative estimate of drug-likeness (QED) is 0.871. The SMILES string of the molecule is CCC1C(=O)N(CC)c2ccc(C(C)O)cc21. The Hall–Kier alpha value is -1.35. The molecule has 2 rings (SSSR count). The number of aliphatic hydroxyl groups is 1. The predicted molar refractivity (Wildman–Crippen MR) is 68.1 cm³/mol. The molecule has 1 heterocycles. The summed E-state index contributed by atoms with van der Waals surface area (Å²) in [7, 11) is 0. The molecule has 3 nitrogen and oxygen atoms in total. The summed E-state index contributed by atoms with van der Waals surface area (Å²) in [5.41, 5.74) is 2.96. The van der Waals surface area contributed by atoms with Crippen molar-refractivity contribution in [2.45, 2.75) is 39.2 Å². The highest BCUT2D eigenvalue weighted by atomic mass is 16.3. The second kappa shape index (κ2) is 4.49. The molecule has 0 spiro atoms. The van der Waals surface area contributed by atoms with Gasteiger partial charge in [0.1, 0.15) is 0 Å². The van der Waals surface area contributed by atoms with Crippen molar-refractivity contribution < 1.29 is 9.90 Å². The summed E-state index contributed by atoms with van der Waals surface area (Å²) in [5.74, 6) is 0.149. The molecule has 3 heteroatoms. The second-order valence-electron chi connectivity index (χ2n) is 4.54. The van der Waals surface area contributed by atoms with Gasteiger partial charge in [0.25, 0.3) is 0 Å². The van der Waals surface area contributed by atoms with Crippen LogP contribution in [0.3, 0.4) is 0 Å². The van der Waals surface area contributed by atoms with Gasteiger partial charge in [0, 0.05) is 12.2 Å². The molecular weight excluding hydrogens is 214 g/mol.